The van der Waals surface area contributed by atoms with Gasteiger partial charge in [0.05, 0.1) is 13.7 Å². The Kier molecular flexibility index (Phi) is 6.11. The van der Waals surface area contributed by atoms with Crippen molar-refractivity contribution in [3.05, 3.63) is 95.8 Å². The second-order valence-corrected chi connectivity index (χ2v) is 8.81. The minimum atomic E-state index is -0.908. The third kappa shape index (κ3) is 4.36. The quantitative estimate of drug-likeness (QED) is 0.584. The van der Waals surface area contributed by atoms with Crippen LogP contribution in [0.15, 0.2) is 79.1 Å². The van der Waals surface area contributed by atoms with Gasteiger partial charge in [-0.1, -0.05) is 48.5 Å². The minimum Gasteiger partial charge on any atom is -0.497 e. The normalized spacial score (nSPS) is 23.2. The van der Waals surface area contributed by atoms with Crippen LogP contribution in [-0.4, -0.2) is 59.6 Å². The van der Waals surface area contributed by atoms with E-state index in [-0.39, 0.29) is 11.8 Å². The third-order valence-corrected chi connectivity index (χ3v) is 6.68. The van der Waals surface area contributed by atoms with Gasteiger partial charge >= 0.3 is 0 Å². The molecule has 0 N–H and O–H groups in total. The number of carbonyl (C=O) groups is 1. The van der Waals surface area contributed by atoms with E-state index in [1.807, 2.05) is 47.5 Å². The van der Waals surface area contributed by atoms with Gasteiger partial charge in [-0.3, -0.25) is 14.7 Å². The van der Waals surface area contributed by atoms with E-state index in [0.717, 1.165) is 35.5 Å². The zero-order valence-corrected chi connectivity index (χ0v) is 18.9. The number of nitrogens with zero attached hydrogens (tertiary/aromatic N) is 3. The fraction of sp³-hybridized carbons (Fsp3) is 0.333. The van der Waals surface area contributed by atoms with Crippen LogP contribution in [0.1, 0.15) is 22.6 Å². The number of hydrogen-bond donors (Lipinski definition) is 0. The Balaban J connectivity index is 1.44. The Hall–Kier alpha value is -3.22. The molecule has 0 radical (unpaired) electrons. The summed E-state index contributed by atoms with van der Waals surface area (Å²) in [5.41, 5.74) is 2.42. The maximum absolute atomic E-state index is 14.0. The topological polar surface area (TPSA) is 54.9 Å². The maximum Gasteiger partial charge on any atom is 0.257 e. The molecule has 3 heterocycles. The lowest BCUT2D eigenvalue weighted by molar-refractivity contribution is -0.173. The predicted molar refractivity (Wildman–Crippen MR) is 126 cm³/mol. The molecule has 1 aromatic heterocycles. The van der Waals surface area contributed by atoms with E-state index in [1.54, 1.807) is 13.3 Å². The molecule has 5 rings (SSSR count). The van der Waals surface area contributed by atoms with Crippen molar-refractivity contribution < 1.29 is 14.3 Å². The summed E-state index contributed by atoms with van der Waals surface area (Å²) < 4.78 is 11.8. The van der Waals surface area contributed by atoms with Crippen LogP contribution >= 0.6 is 0 Å². The fourth-order valence-corrected chi connectivity index (χ4v) is 5.11. The highest BCUT2D eigenvalue weighted by Gasteiger charge is 2.56. The summed E-state index contributed by atoms with van der Waals surface area (Å²) >= 11 is 0. The van der Waals surface area contributed by atoms with E-state index in [2.05, 4.69) is 40.2 Å². The van der Waals surface area contributed by atoms with Crippen molar-refractivity contribution in [1.29, 1.82) is 0 Å². The highest BCUT2D eigenvalue weighted by molar-refractivity contribution is 5.88. The fourth-order valence-electron chi connectivity index (χ4n) is 5.11. The lowest BCUT2D eigenvalue weighted by Crippen LogP contribution is -2.59. The molecule has 0 bridgehead atoms. The summed E-state index contributed by atoms with van der Waals surface area (Å²) in [6, 6.07) is 22.2. The zero-order valence-electron chi connectivity index (χ0n) is 18.9. The molecule has 2 aliphatic rings. The van der Waals surface area contributed by atoms with Crippen molar-refractivity contribution in [2.24, 2.45) is 0 Å². The van der Waals surface area contributed by atoms with Crippen molar-refractivity contribution in [1.82, 2.24) is 14.8 Å². The van der Waals surface area contributed by atoms with Gasteiger partial charge < -0.3 is 14.4 Å². The molecule has 2 saturated heterocycles. The van der Waals surface area contributed by atoms with Crippen molar-refractivity contribution in [3.8, 4) is 5.75 Å². The van der Waals surface area contributed by atoms with Crippen LogP contribution in [0.5, 0.6) is 5.75 Å². The Morgan fingerprint density at radius 2 is 1.91 bits per heavy atom. The van der Waals surface area contributed by atoms with E-state index in [1.165, 1.54) is 0 Å². The largest absolute Gasteiger partial charge is 0.497 e. The summed E-state index contributed by atoms with van der Waals surface area (Å²) in [6.07, 6.45) is 3.64. The van der Waals surface area contributed by atoms with Gasteiger partial charge in [-0.05, 0) is 34.9 Å². The summed E-state index contributed by atoms with van der Waals surface area (Å²) in [4.78, 5) is 22.6. The molecule has 1 amide bonds. The van der Waals surface area contributed by atoms with Crippen molar-refractivity contribution in [3.63, 3.8) is 0 Å². The molecule has 2 fully saturated rings. The van der Waals surface area contributed by atoms with Crippen LogP contribution in [0.3, 0.4) is 0 Å². The summed E-state index contributed by atoms with van der Waals surface area (Å²) in [5, 5.41) is 0. The number of ether oxygens (including phenoxy) is 2. The second-order valence-electron chi connectivity index (χ2n) is 8.81. The van der Waals surface area contributed by atoms with Crippen LogP contribution in [-0.2, 0) is 22.6 Å². The molecule has 6 heteroatoms. The highest BCUT2D eigenvalue weighted by Crippen LogP contribution is 2.42. The van der Waals surface area contributed by atoms with E-state index >= 15 is 0 Å². The lowest BCUT2D eigenvalue weighted by atomic mass is 9.83. The van der Waals surface area contributed by atoms with Gasteiger partial charge in [-0.2, -0.15) is 0 Å². The van der Waals surface area contributed by atoms with E-state index in [4.69, 9.17) is 9.47 Å². The molecule has 170 valence electrons. The SMILES string of the molecule is COc1cccc(CN2C[C@H](c3cccnc3)[C@@]3(C2)OCCN(Cc2ccccc2)C3=O)c1. The molecule has 33 heavy (non-hydrogen) atoms. The van der Waals surface area contributed by atoms with Crippen LogP contribution < -0.4 is 4.74 Å². The molecule has 3 aromatic rings. The monoisotopic (exact) mass is 443 g/mol. The van der Waals surface area contributed by atoms with Gasteiger partial charge in [0.25, 0.3) is 5.91 Å². The van der Waals surface area contributed by atoms with Crippen LogP contribution in [0.25, 0.3) is 0 Å². The summed E-state index contributed by atoms with van der Waals surface area (Å²) in [7, 11) is 1.68. The molecule has 2 aliphatic heterocycles. The van der Waals surface area contributed by atoms with Crippen LogP contribution in [0, 0.1) is 0 Å². The Morgan fingerprint density at radius 1 is 1.06 bits per heavy atom. The molecule has 0 unspecified atom stereocenters. The van der Waals surface area contributed by atoms with Crippen molar-refractivity contribution in [2.75, 3.05) is 33.4 Å². The third-order valence-electron chi connectivity index (χ3n) is 6.68. The zero-order chi connectivity index (χ0) is 22.7. The summed E-state index contributed by atoms with van der Waals surface area (Å²) in [6.45, 7) is 3.74. The van der Waals surface area contributed by atoms with Crippen molar-refractivity contribution >= 4 is 5.91 Å². The number of morpholine rings is 1. The number of likely N-dealkylation sites (tertiary alicyclic amines) is 1. The summed E-state index contributed by atoms with van der Waals surface area (Å²) in [5.74, 6) is 0.826. The Morgan fingerprint density at radius 3 is 2.70 bits per heavy atom. The number of carbonyl (C=O) groups excluding carboxylic acids is 1. The number of rotatable bonds is 6. The number of pyridine rings is 1. The second kappa shape index (κ2) is 9.33. The average molecular weight is 444 g/mol. The van der Waals surface area contributed by atoms with E-state index in [0.29, 0.717) is 26.2 Å². The van der Waals surface area contributed by atoms with Gasteiger partial charge in [0, 0.05) is 51.0 Å². The highest BCUT2D eigenvalue weighted by atomic mass is 16.5. The molecule has 2 atom stereocenters. The van der Waals surface area contributed by atoms with Gasteiger partial charge in [-0.25, -0.2) is 0 Å². The number of aromatic nitrogens is 1. The minimum absolute atomic E-state index is 0.0691. The first-order valence-electron chi connectivity index (χ1n) is 11.4. The molecule has 0 aliphatic carbocycles. The van der Waals surface area contributed by atoms with E-state index in [9.17, 15) is 4.79 Å². The van der Waals surface area contributed by atoms with E-state index < -0.39 is 5.60 Å². The molecule has 1 spiro atoms. The van der Waals surface area contributed by atoms with Gasteiger partial charge in [0.1, 0.15) is 5.75 Å². The first-order chi connectivity index (χ1) is 16.2. The van der Waals surface area contributed by atoms with Crippen LogP contribution in [0.4, 0.5) is 0 Å². The molecule has 6 nitrogen and oxygen atoms in total. The number of hydrogen-bond acceptors (Lipinski definition) is 5. The average Bonchev–Trinajstić information content (AvgIpc) is 3.22. The molecule has 0 saturated carbocycles. The standard InChI is InChI=1S/C27H29N3O3/c1-32-24-11-5-9-22(15-24)17-29-19-25(23-10-6-12-28-16-23)27(20-29)26(31)30(13-14-33-27)18-21-7-3-2-4-8-21/h2-12,15-16,25H,13-14,17-20H2,1H3/t25-,27-/m1/s1. The molecular weight excluding hydrogens is 414 g/mol. The van der Waals surface area contributed by atoms with Gasteiger partial charge in [0.2, 0.25) is 0 Å². The first kappa shape index (κ1) is 21.6. The molecule has 2 aromatic carbocycles. The number of amides is 1. The molecular formula is C27H29N3O3. The van der Waals surface area contributed by atoms with Crippen LogP contribution in [0.2, 0.25) is 0 Å². The smallest absolute Gasteiger partial charge is 0.257 e. The maximum atomic E-state index is 14.0. The van der Waals surface area contributed by atoms with Gasteiger partial charge in [-0.15, -0.1) is 0 Å². The number of benzene rings is 2. The Labute approximate surface area is 194 Å². The predicted octanol–water partition coefficient (Wildman–Crippen LogP) is 3.49. The Bertz CT molecular complexity index is 1090. The first-order valence-corrected chi connectivity index (χ1v) is 11.4. The number of methoxy groups -OCH3 is 1. The lowest BCUT2D eigenvalue weighted by Gasteiger charge is -2.42. The van der Waals surface area contributed by atoms with Gasteiger partial charge in [0.15, 0.2) is 5.60 Å². The van der Waals surface area contributed by atoms with Crippen molar-refractivity contribution in [2.45, 2.75) is 24.6 Å².